The first-order chi connectivity index (χ1) is 23.4. The van der Waals surface area contributed by atoms with Crippen molar-refractivity contribution in [2.45, 2.75) is 68.4 Å². The van der Waals surface area contributed by atoms with Crippen molar-refractivity contribution in [3.63, 3.8) is 0 Å². The number of methoxy groups -OCH3 is 2. The van der Waals surface area contributed by atoms with Crippen molar-refractivity contribution in [2.75, 3.05) is 59.0 Å². The van der Waals surface area contributed by atoms with Gasteiger partial charge >= 0.3 is 0 Å². The van der Waals surface area contributed by atoms with Gasteiger partial charge in [-0.25, -0.2) is 8.42 Å². The van der Waals surface area contributed by atoms with Gasteiger partial charge in [0.1, 0.15) is 23.0 Å². The minimum absolute atomic E-state index is 0.0684. The van der Waals surface area contributed by atoms with Gasteiger partial charge < -0.3 is 29.2 Å². The number of amides is 1. The summed E-state index contributed by atoms with van der Waals surface area (Å²) in [5.74, 6) is 1.03. The van der Waals surface area contributed by atoms with Crippen LogP contribution in [-0.4, -0.2) is 79.4 Å². The van der Waals surface area contributed by atoms with Crippen LogP contribution < -0.4 is 25.0 Å². The average Bonchev–Trinajstić information content (AvgIpc) is 3.10. The lowest BCUT2D eigenvalue weighted by Gasteiger charge is -2.47. The zero-order valence-corrected chi connectivity index (χ0v) is 30.4. The van der Waals surface area contributed by atoms with E-state index in [-0.39, 0.29) is 42.2 Å². The van der Waals surface area contributed by atoms with E-state index in [0.29, 0.717) is 25.6 Å². The Kier molecular flexibility index (Phi) is 11.6. The molecule has 2 N–H and O–H groups in total. The summed E-state index contributed by atoms with van der Waals surface area (Å²) in [6, 6.07) is 20.8. The molecule has 5 rings (SSSR count). The predicted molar refractivity (Wildman–Crippen MR) is 191 cm³/mol. The standard InChI is InChI=1S/C38H51N3O7S/c1-27-8-15-31(16-9-27)49(43,44)38(26-37(2,3)36(42)39-4)23-32(29-11-13-30(46-6)14-12-29)35(24-40-38)48-25-28-10-17-34-33(22-28)41(19-21-47-34)18-7-20-45-5/h8-17,22,32,35,40H,7,18-21,23-26H2,1-6H3,(H,39,42)/t32-,35+,38+/m1/s1. The predicted octanol–water partition coefficient (Wildman–Crippen LogP) is 5.23. The molecular formula is C38H51N3O7S. The number of sulfone groups is 1. The van der Waals surface area contributed by atoms with Crippen molar-refractivity contribution in [2.24, 2.45) is 5.41 Å². The third-order valence-corrected chi connectivity index (χ3v) is 12.2. The Labute approximate surface area is 291 Å². The van der Waals surface area contributed by atoms with E-state index in [4.69, 9.17) is 18.9 Å². The van der Waals surface area contributed by atoms with E-state index in [2.05, 4.69) is 21.6 Å². The summed E-state index contributed by atoms with van der Waals surface area (Å²) in [5, 5.41) is 6.19. The van der Waals surface area contributed by atoms with Crippen LogP contribution in [0, 0.1) is 12.3 Å². The molecule has 0 aromatic heterocycles. The molecule has 49 heavy (non-hydrogen) atoms. The Morgan fingerprint density at radius 1 is 1.08 bits per heavy atom. The van der Waals surface area contributed by atoms with Crippen LogP contribution in [0.2, 0.25) is 0 Å². The number of piperidine rings is 1. The summed E-state index contributed by atoms with van der Waals surface area (Å²) < 4.78 is 52.9. The number of benzene rings is 3. The Balaban J connectivity index is 1.48. The topological polar surface area (TPSA) is 115 Å². The summed E-state index contributed by atoms with van der Waals surface area (Å²) in [7, 11) is 0.927. The number of hydrogen-bond acceptors (Lipinski definition) is 9. The molecule has 0 aliphatic carbocycles. The number of ether oxygens (including phenoxy) is 4. The quantitative estimate of drug-likeness (QED) is 0.219. The molecule has 2 heterocycles. The molecule has 0 spiro atoms. The molecule has 2 aliphatic heterocycles. The Morgan fingerprint density at radius 3 is 2.49 bits per heavy atom. The van der Waals surface area contributed by atoms with Gasteiger partial charge in [-0.2, -0.15) is 0 Å². The minimum atomic E-state index is -3.99. The summed E-state index contributed by atoms with van der Waals surface area (Å²) in [4.78, 5) is 14.2. The van der Waals surface area contributed by atoms with E-state index in [9.17, 15) is 13.2 Å². The molecule has 3 aromatic carbocycles. The summed E-state index contributed by atoms with van der Waals surface area (Å²) >= 11 is 0. The Bertz CT molecular complexity index is 1680. The van der Waals surface area contributed by atoms with Crippen LogP contribution in [0.25, 0.3) is 0 Å². The van der Waals surface area contributed by atoms with Crippen LogP contribution >= 0.6 is 0 Å². The second-order valence-corrected chi connectivity index (χ2v) is 16.0. The van der Waals surface area contributed by atoms with Crippen LogP contribution in [0.4, 0.5) is 5.69 Å². The highest BCUT2D eigenvalue weighted by atomic mass is 32.2. The molecular weight excluding hydrogens is 642 g/mol. The van der Waals surface area contributed by atoms with Gasteiger partial charge in [-0.1, -0.05) is 49.7 Å². The zero-order chi connectivity index (χ0) is 35.2. The molecule has 1 saturated heterocycles. The van der Waals surface area contributed by atoms with Crippen LogP contribution in [0.5, 0.6) is 11.5 Å². The van der Waals surface area contributed by atoms with Crippen molar-refractivity contribution in [1.82, 2.24) is 10.6 Å². The maximum atomic E-state index is 14.8. The molecule has 1 amide bonds. The van der Waals surface area contributed by atoms with E-state index < -0.39 is 20.1 Å². The summed E-state index contributed by atoms with van der Waals surface area (Å²) in [5.41, 5.74) is 2.96. The van der Waals surface area contributed by atoms with Crippen LogP contribution in [0.15, 0.2) is 71.6 Å². The van der Waals surface area contributed by atoms with Crippen LogP contribution in [-0.2, 0) is 30.7 Å². The number of nitrogens with zero attached hydrogens (tertiary/aromatic N) is 1. The zero-order valence-electron chi connectivity index (χ0n) is 29.6. The van der Waals surface area contributed by atoms with Crippen molar-refractivity contribution in [1.29, 1.82) is 0 Å². The number of rotatable bonds is 14. The number of carbonyl (C=O) groups is 1. The van der Waals surface area contributed by atoms with Crippen molar-refractivity contribution in [3.8, 4) is 11.5 Å². The van der Waals surface area contributed by atoms with Crippen LogP contribution in [0.3, 0.4) is 0 Å². The van der Waals surface area contributed by atoms with E-state index in [0.717, 1.165) is 47.6 Å². The van der Waals surface area contributed by atoms with Gasteiger partial charge in [0.15, 0.2) is 9.84 Å². The highest BCUT2D eigenvalue weighted by Crippen LogP contribution is 2.46. The van der Waals surface area contributed by atoms with Crippen molar-refractivity contribution < 1.29 is 32.2 Å². The third kappa shape index (κ3) is 8.06. The molecule has 3 aromatic rings. The lowest BCUT2D eigenvalue weighted by atomic mass is 9.76. The number of aryl methyl sites for hydroxylation is 1. The second kappa shape index (κ2) is 15.5. The average molecular weight is 694 g/mol. The van der Waals surface area contributed by atoms with Gasteiger partial charge in [-0.05, 0) is 73.7 Å². The van der Waals surface area contributed by atoms with Gasteiger partial charge in [0.25, 0.3) is 0 Å². The lowest BCUT2D eigenvalue weighted by molar-refractivity contribution is -0.130. The molecule has 3 atom stereocenters. The molecule has 0 unspecified atom stereocenters. The molecule has 1 fully saturated rings. The smallest absolute Gasteiger partial charge is 0.225 e. The fourth-order valence-corrected chi connectivity index (χ4v) is 9.27. The number of hydrogen-bond donors (Lipinski definition) is 2. The summed E-state index contributed by atoms with van der Waals surface area (Å²) in [6.07, 6.45) is 0.825. The van der Waals surface area contributed by atoms with Gasteiger partial charge in [0.2, 0.25) is 5.91 Å². The number of carbonyl (C=O) groups excluding carboxylic acids is 1. The van der Waals surface area contributed by atoms with Gasteiger partial charge in [-0.15, -0.1) is 0 Å². The molecule has 0 bridgehead atoms. The first-order valence-electron chi connectivity index (χ1n) is 17.0. The third-order valence-electron chi connectivity index (χ3n) is 9.81. The van der Waals surface area contributed by atoms with E-state index >= 15 is 0 Å². The molecule has 0 radical (unpaired) electrons. The fraction of sp³-hybridized carbons (Fsp3) is 0.500. The minimum Gasteiger partial charge on any atom is -0.497 e. The normalized spacial score (nSPS) is 21.1. The molecule has 266 valence electrons. The molecule has 10 nitrogen and oxygen atoms in total. The van der Waals surface area contributed by atoms with Gasteiger partial charge in [-0.3, -0.25) is 10.1 Å². The van der Waals surface area contributed by atoms with Gasteiger partial charge in [0.05, 0.1) is 36.9 Å². The molecule has 11 heteroatoms. The second-order valence-electron chi connectivity index (χ2n) is 13.7. The largest absolute Gasteiger partial charge is 0.497 e. The highest BCUT2D eigenvalue weighted by Gasteiger charge is 2.54. The first kappa shape index (κ1) is 36.6. The van der Waals surface area contributed by atoms with Crippen LogP contribution in [0.1, 0.15) is 55.7 Å². The Hall–Kier alpha value is -3.64. The van der Waals surface area contributed by atoms with Crippen molar-refractivity contribution in [3.05, 3.63) is 83.4 Å². The molecule has 0 saturated carbocycles. The number of nitrogens with one attached hydrogen (secondary N) is 2. The monoisotopic (exact) mass is 693 g/mol. The van der Waals surface area contributed by atoms with Crippen molar-refractivity contribution >= 4 is 21.4 Å². The highest BCUT2D eigenvalue weighted by molar-refractivity contribution is 7.92. The lowest BCUT2D eigenvalue weighted by Crippen LogP contribution is -2.62. The maximum Gasteiger partial charge on any atom is 0.225 e. The van der Waals surface area contributed by atoms with E-state index in [1.54, 1.807) is 47.2 Å². The van der Waals surface area contributed by atoms with Gasteiger partial charge in [0, 0.05) is 45.2 Å². The molecule has 2 aliphatic rings. The Morgan fingerprint density at radius 2 is 1.82 bits per heavy atom. The van der Waals surface area contributed by atoms with E-state index in [1.807, 2.05) is 55.5 Å². The maximum absolute atomic E-state index is 14.8. The fourth-order valence-electron chi connectivity index (χ4n) is 7.10. The SMILES string of the molecule is CNC(=O)C(C)(C)C[C@@]1(S(=O)(=O)c2ccc(C)cc2)C[C@H](c2ccc(OC)cc2)[C@@H](OCc2ccc3c(c2)N(CCCOC)CCO3)CN1. The number of anilines is 1. The summed E-state index contributed by atoms with van der Waals surface area (Å²) in [6.45, 7) is 9.11. The number of fused-ring (bicyclic) bond motifs is 1. The van der Waals surface area contributed by atoms with E-state index in [1.165, 1.54) is 0 Å². The first-order valence-corrected chi connectivity index (χ1v) is 18.4.